The first kappa shape index (κ1) is 19.4. The molecule has 29 heavy (non-hydrogen) atoms. The number of hydrogen-bond acceptors (Lipinski definition) is 6. The summed E-state index contributed by atoms with van der Waals surface area (Å²) >= 11 is 0. The monoisotopic (exact) mass is 403 g/mol. The Labute approximate surface area is 166 Å². The molecule has 1 aliphatic rings. The molecule has 9 heteroatoms. The first-order valence-electron chi connectivity index (χ1n) is 9.27. The van der Waals surface area contributed by atoms with Gasteiger partial charge in [0.15, 0.2) is 0 Å². The molecule has 0 unspecified atom stereocenters. The summed E-state index contributed by atoms with van der Waals surface area (Å²) in [7, 11) is 0. The van der Waals surface area contributed by atoms with Crippen LogP contribution in [0.4, 0.5) is 19.0 Å². The Morgan fingerprint density at radius 3 is 2.59 bits per heavy atom. The second kappa shape index (κ2) is 7.82. The van der Waals surface area contributed by atoms with E-state index in [0.717, 1.165) is 49.8 Å². The van der Waals surface area contributed by atoms with E-state index in [1.165, 1.54) is 6.07 Å². The van der Waals surface area contributed by atoms with Gasteiger partial charge < -0.3 is 9.32 Å². The minimum atomic E-state index is -4.40. The van der Waals surface area contributed by atoms with E-state index in [-0.39, 0.29) is 5.89 Å². The van der Waals surface area contributed by atoms with Crippen LogP contribution < -0.4 is 4.90 Å². The van der Waals surface area contributed by atoms with Gasteiger partial charge in [-0.05, 0) is 25.1 Å². The van der Waals surface area contributed by atoms with Gasteiger partial charge in [0.05, 0.1) is 17.5 Å². The van der Waals surface area contributed by atoms with Crippen LogP contribution in [0.2, 0.25) is 0 Å². The molecule has 0 atom stereocenters. The first-order valence-corrected chi connectivity index (χ1v) is 9.27. The number of rotatable bonds is 4. The summed E-state index contributed by atoms with van der Waals surface area (Å²) in [6.45, 7) is 5.65. The quantitative estimate of drug-likeness (QED) is 0.661. The van der Waals surface area contributed by atoms with Crippen molar-refractivity contribution in [2.75, 3.05) is 31.1 Å². The maximum absolute atomic E-state index is 13.0. The molecule has 0 radical (unpaired) electrons. The third kappa shape index (κ3) is 4.40. The van der Waals surface area contributed by atoms with Crippen LogP contribution >= 0.6 is 0 Å². The van der Waals surface area contributed by atoms with Gasteiger partial charge in [-0.1, -0.05) is 6.07 Å². The molecule has 4 rings (SSSR count). The van der Waals surface area contributed by atoms with E-state index in [2.05, 4.69) is 24.8 Å². The molecule has 1 fully saturated rings. The van der Waals surface area contributed by atoms with E-state index in [1.54, 1.807) is 31.6 Å². The fraction of sp³-hybridized carbons (Fsp3) is 0.350. The average molecular weight is 403 g/mol. The normalized spacial score (nSPS) is 15.7. The molecule has 3 aromatic rings. The number of piperazine rings is 1. The van der Waals surface area contributed by atoms with Crippen LogP contribution in [-0.4, -0.2) is 46.0 Å². The van der Waals surface area contributed by atoms with Crippen LogP contribution in [0, 0.1) is 6.92 Å². The van der Waals surface area contributed by atoms with E-state index in [9.17, 15) is 13.2 Å². The topological polar surface area (TPSA) is 58.3 Å². The smallest absolute Gasteiger partial charge is 0.416 e. The Kier molecular flexibility index (Phi) is 5.23. The number of benzene rings is 1. The maximum atomic E-state index is 13.0. The van der Waals surface area contributed by atoms with Gasteiger partial charge >= 0.3 is 6.18 Å². The summed E-state index contributed by atoms with van der Waals surface area (Å²) in [5.41, 5.74) is 0.347. The highest BCUT2D eigenvalue weighted by Gasteiger charge is 2.31. The first-order chi connectivity index (χ1) is 13.9. The predicted octanol–water partition coefficient (Wildman–Crippen LogP) is 3.78. The number of nitrogens with zero attached hydrogens (tertiary/aromatic N) is 5. The zero-order valence-corrected chi connectivity index (χ0v) is 15.9. The van der Waals surface area contributed by atoms with Gasteiger partial charge in [0, 0.05) is 50.7 Å². The Bertz CT molecular complexity index is 966. The highest BCUT2D eigenvalue weighted by Crippen LogP contribution is 2.32. The van der Waals surface area contributed by atoms with Crippen LogP contribution in [0.1, 0.15) is 17.0 Å². The zero-order chi connectivity index (χ0) is 20.4. The summed E-state index contributed by atoms with van der Waals surface area (Å²) in [4.78, 5) is 17.3. The van der Waals surface area contributed by atoms with Gasteiger partial charge in [-0.25, -0.2) is 9.97 Å². The summed E-state index contributed by atoms with van der Waals surface area (Å²) < 4.78 is 44.6. The lowest BCUT2D eigenvalue weighted by Crippen LogP contribution is -2.46. The van der Waals surface area contributed by atoms with Crippen LogP contribution in [0.15, 0.2) is 47.3 Å². The molecular weight excluding hydrogens is 383 g/mol. The summed E-state index contributed by atoms with van der Waals surface area (Å²) in [5, 5.41) is 0. The van der Waals surface area contributed by atoms with Crippen molar-refractivity contribution in [3.05, 3.63) is 59.9 Å². The Hall–Kier alpha value is -2.94. The molecule has 0 saturated carbocycles. The van der Waals surface area contributed by atoms with Gasteiger partial charge in [0.2, 0.25) is 5.89 Å². The van der Waals surface area contributed by atoms with Gasteiger partial charge in [-0.2, -0.15) is 13.2 Å². The van der Waals surface area contributed by atoms with Crippen molar-refractivity contribution in [2.45, 2.75) is 19.6 Å². The third-order valence-corrected chi connectivity index (χ3v) is 4.95. The Balaban J connectivity index is 1.43. The second-order valence-corrected chi connectivity index (χ2v) is 6.93. The van der Waals surface area contributed by atoms with Crippen molar-refractivity contribution >= 4 is 5.82 Å². The Morgan fingerprint density at radius 2 is 1.90 bits per heavy atom. The SMILES string of the molecule is Cc1oc(-c2cccc(C(F)(F)F)c2)nc1CN1CCN(c2cnccn2)CC1. The van der Waals surface area contributed by atoms with Gasteiger partial charge in [-0.15, -0.1) is 0 Å². The van der Waals surface area contributed by atoms with Crippen LogP contribution in [-0.2, 0) is 12.7 Å². The van der Waals surface area contributed by atoms with Gasteiger partial charge in [0.1, 0.15) is 11.6 Å². The fourth-order valence-electron chi connectivity index (χ4n) is 3.33. The largest absolute Gasteiger partial charge is 0.441 e. The van der Waals surface area contributed by atoms with E-state index in [0.29, 0.717) is 17.9 Å². The molecule has 3 heterocycles. The van der Waals surface area contributed by atoms with E-state index < -0.39 is 11.7 Å². The van der Waals surface area contributed by atoms with Crippen molar-refractivity contribution in [2.24, 2.45) is 0 Å². The lowest BCUT2D eigenvalue weighted by molar-refractivity contribution is -0.137. The molecule has 1 aliphatic heterocycles. The molecule has 0 N–H and O–H groups in total. The number of aryl methyl sites for hydroxylation is 1. The average Bonchev–Trinajstić information content (AvgIpc) is 3.09. The number of halogens is 3. The molecule has 0 bridgehead atoms. The number of aromatic nitrogens is 3. The lowest BCUT2D eigenvalue weighted by atomic mass is 10.1. The number of oxazole rings is 1. The van der Waals surface area contributed by atoms with E-state index in [1.807, 2.05) is 0 Å². The van der Waals surface area contributed by atoms with Crippen molar-refractivity contribution in [3.63, 3.8) is 0 Å². The van der Waals surface area contributed by atoms with Crippen molar-refractivity contribution in [1.82, 2.24) is 19.9 Å². The fourth-order valence-corrected chi connectivity index (χ4v) is 3.33. The highest BCUT2D eigenvalue weighted by atomic mass is 19.4. The van der Waals surface area contributed by atoms with Crippen LogP contribution in [0.3, 0.4) is 0 Å². The highest BCUT2D eigenvalue weighted by molar-refractivity contribution is 5.55. The molecule has 0 spiro atoms. The summed E-state index contributed by atoms with van der Waals surface area (Å²) in [6.07, 6.45) is 0.674. The van der Waals surface area contributed by atoms with Crippen molar-refractivity contribution in [1.29, 1.82) is 0 Å². The number of alkyl halides is 3. The summed E-state index contributed by atoms with van der Waals surface area (Å²) in [5.74, 6) is 1.69. The van der Waals surface area contributed by atoms with Crippen LogP contribution in [0.5, 0.6) is 0 Å². The standard InChI is InChI=1S/C20H20F3N5O/c1-14-17(13-27-7-9-28(10-8-27)18-12-24-5-6-25-18)26-19(29-14)15-3-2-4-16(11-15)20(21,22)23/h2-6,11-12H,7-10,13H2,1H3. The molecule has 0 amide bonds. The lowest BCUT2D eigenvalue weighted by Gasteiger charge is -2.34. The molecule has 0 aliphatic carbocycles. The zero-order valence-electron chi connectivity index (χ0n) is 15.9. The molecule has 152 valence electrons. The molecular formula is C20H20F3N5O. The predicted molar refractivity (Wildman–Crippen MR) is 101 cm³/mol. The minimum absolute atomic E-state index is 0.210. The summed E-state index contributed by atoms with van der Waals surface area (Å²) in [6, 6.07) is 5.04. The van der Waals surface area contributed by atoms with E-state index in [4.69, 9.17) is 4.42 Å². The third-order valence-electron chi connectivity index (χ3n) is 4.95. The molecule has 2 aromatic heterocycles. The maximum Gasteiger partial charge on any atom is 0.416 e. The van der Waals surface area contributed by atoms with Crippen molar-refractivity contribution in [3.8, 4) is 11.5 Å². The minimum Gasteiger partial charge on any atom is -0.441 e. The Morgan fingerprint density at radius 1 is 1.10 bits per heavy atom. The molecule has 1 aromatic carbocycles. The molecule has 6 nitrogen and oxygen atoms in total. The number of hydrogen-bond donors (Lipinski definition) is 0. The van der Waals surface area contributed by atoms with Gasteiger partial charge in [-0.3, -0.25) is 9.88 Å². The second-order valence-electron chi connectivity index (χ2n) is 6.93. The van der Waals surface area contributed by atoms with Gasteiger partial charge in [0.25, 0.3) is 0 Å². The van der Waals surface area contributed by atoms with Crippen molar-refractivity contribution < 1.29 is 17.6 Å². The van der Waals surface area contributed by atoms with E-state index >= 15 is 0 Å². The molecule has 1 saturated heterocycles. The van der Waals surface area contributed by atoms with Crippen LogP contribution in [0.25, 0.3) is 11.5 Å². The number of anilines is 1.